The second-order valence-electron chi connectivity index (χ2n) is 3.69. The molecule has 0 saturated heterocycles. The SMILES string of the molecule is COc1ccc(-c2ccc(I)cc2)c(CO)c1. The maximum atomic E-state index is 9.40. The standard InChI is InChI=1S/C14H13IO2/c1-17-13-6-7-14(11(8-13)9-16)10-2-4-12(15)5-3-10/h2-8,16H,9H2,1H3. The van der Waals surface area contributed by atoms with Crippen LogP contribution in [0.2, 0.25) is 0 Å². The summed E-state index contributed by atoms with van der Waals surface area (Å²) in [4.78, 5) is 0. The summed E-state index contributed by atoms with van der Waals surface area (Å²) in [5.74, 6) is 0.767. The minimum Gasteiger partial charge on any atom is -0.497 e. The Balaban J connectivity index is 2.47. The van der Waals surface area contributed by atoms with E-state index in [1.54, 1.807) is 7.11 Å². The van der Waals surface area contributed by atoms with Crippen molar-refractivity contribution in [1.82, 2.24) is 0 Å². The number of methoxy groups -OCH3 is 1. The molecule has 2 aromatic rings. The Morgan fingerprint density at radius 2 is 1.82 bits per heavy atom. The summed E-state index contributed by atoms with van der Waals surface area (Å²) < 4.78 is 6.35. The summed E-state index contributed by atoms with van der Waals surface area (Å²) >= 11 is 2.28. The molecule has 88 valence electrons. The van der Waals surface area contributed by atoms with E-state index in [-0.39, 0.29) is 6.61 Å². The van der Waals surface area contributed by atoms with Crippen LogP contribution < -0.4 is 4.74 Å². The summed E-state index contributed by atoms with van der Waals surface area (Å²) in [5.41, 5.74) is 3.03. The lowest BCUT2D eigenvalue weighted by molar-refractivity contribution is 0.281. The molecule has 17 heavy (non-hydrogen) atoms. The van der Waals surface area contributed by atoms with Crippen LogP contribution in [0.4, 0.5) is 0 Å². The fourth-order valence-corrected chi connectivity index (χ4v) is 2.10. The zero-order valence-corrected chi connectivity index (χ0v) is 11.6. The van der Waals surface area contributed by atoms with E-state index < -0.39 is 0 Å². The van der Waals surface area contributed by atoms with Gasteiger partial charge in [-0.1, -0.05) is 18.2 Å². The van der Waals surface area contributed by atoms with Crippen LogP contribution in [0.3, 0.4) is 0 Å². The molecule has 2 aromatic carbocycles. The monoisotopic (exact) mass is 340 g/mol. The molecular weight excluding hydrogens is 327 g/mol. The Morgan fingerprint density at radius 1 is 1.12 bits per heavy atom. The molecule has 0 fully saturated rings. The van der Waals surface area contributed by atoms with Crippen LogP contribution in [0.25, 0.3) is 11.1 Å². The van der Waals surface area contributed by atoms with E-state index in [9.17, 15) is 5.11 Å². The normalized spacial score (nSPS) is 10.3. The molecule has 0 heterocycles. The van der Waals surface area contributed by atoms with Gasteiger partial charge in [-0.2, -0.15) is 0 Å². The molecule has 0 atom stereocenters. The molecule has 0 unspecified atom stereocenters. The lowest BCUT2D eigenvalue weighted by Gasteiger charge is -2.10. The number of aliphatic hydroxyl groups is 1. The Bertz CT molecular complexity index is 506. The lowest BCUT2D eigenvalue weighted by atomic mass is 10.00. The molecular formula is C14H13IO2. The number of ether oxygens (including phenoxy) is 1. The van der Waals surface area contributed by atoms with Gasteiger partial charge in [-0.15, -0.1) is 0 Å². The van der Waals surface area contributed by atoms with Gasteiger partial charge in [0.2, 0.25) is 0 Å². The summed E-state index contributed by atoms with van der Waals surface area (Å²) in [6.45, 7) is 0.0124. The molecule has 0 spiro atoms. The highest BCUT2D eigenvalue weighted by Gasteiger charge is 2.05. The number of benzene rings is 2. The molecule has 2 nitrogen and oxygen atoms in total. The first-order chi connectivity index (χ1) is 8.24. The third-order valence-corrected chi connectivity index (χ3v) is 3.36. The van der Waals surface area contributed by atoms with Gasteiger partial charge < -0.3 is 9.84 Å². The van der Waals surface area contributed by atoms with Crippen LogP contribution in [0, 0.1) is 3.57 Å². The summed E-state index contributed by atoms with van der Waals surface area (Å²) in [7, 11) is 1.63. The van der Waals surface area contributed by atoms with Crippen LogP contribution in [-0.2, 0) is 6.61 Å². The van der Waals surface area contributed by atoms with Gasteiger partial charge in [0.15, 0.2) is 0 Å². The predicted octanol–water partition coefficient (Wildman–Crippen LogP) is 3.46. The van der Waals surface area contributed by atoms with Gasteiger partial charge in [0.1, 0.15) is 5.75 Å². The molecule has 0 amide bonds. The maximum absolute atomic E-state index is 9.40. The molecule has 3 heteroatoms. The Hall–Kier alpha value is -1.07. The first kappa shape index (κ1) is 12.4. The van der Waals surface area contributed by atoms with Gasteiger partial charge in [-0.3, -0.25) is 0 Å². The van der Waals surface area contributed by atoms with E-state index in [1.165, 1.54) is 3.57 Å². The molecule has 1 N–H and O–H groups in total. The van der Waals surface area contributed by atoms with Crippen molar-refractivity contribution in [3.63, 3.8) is 0 Å². The summed E-state index contributed by atoms with van der Waals surface area (Å²) in [6.07, 6.45) is 0. The third-order valence-electron chi connectivity index (χ3n) is 2.64. The Labute approximate surface area is 114 Å². The molecule has 0 aliphatic carbocycles. The zero-order chi connectivity index (χ0) is 12.3. The van der Waals surface area contributed by atoms with E-state index in [2.05, 4.69) is 46.9 Å². The van der Waals surface area contributed by atoms with Crippen LogP contribution in [0.15, 0.2) is 42.5 Å². The van der Waals surface area contributed by atoms with Crippen molar-refractivity contribution in [3.8, 4) is 16.9 Å². The maximum Gasteiger partial charge on any atom is 0.119 e. The van der Waals surface area contributed by atoms with Gasteiger partial charge in [0.25, 0.3) is 0 Å². The van der Waals surface area contributed by atoms with Crippen molar-refractivity contribution < 1.29 is 9.84 Å². The van der Waals surface area contributed by atoms with E-state index in [0.29, 0.717) is 0 Å². The van der Waals surface area contributed by atoms with Crippen molar-refractivity contribution in [2.75, 3.05) is 7.11 Å². The molecule has 0 radical (unpaired) electrons. The molecule has 2 rings (SSSR count). The average Bonchev–Trinajstić information content (AvgIpc) is 2.39. The van der Waals surface area contributed by atoms with Crippen LogP contribution in [0.5, 0.6) is 5.75 Å². The molecule has 0 aliphatic rings. The highest BCUT2D eigenvalue weighted by Crippen LogP contribution is 2.27. The number of aliphatic hydroxyl groups excluding tert-OH is 1. The lowest BCUT2D eigenvalue weighted by Crippen LogP contribution is -1.92. The minimum atomic E-state index is 0.0124. The number of hydrogen-bond donors (Lipinski definition) is 1. The average molecular weight is 340 g/mol. The smallest absolute Gasteiger partial charge is 0.119 e. The van der Waals surface area contributed by atoms with Crippen molar-refractivity contribution >= 4 is 22.6 Å². The van der Waals surface area contributed by atoms with Crippen molar-refractivity contribution in [3.05, 3.63) is 51.6 Å². The fraction of sp³-hybridized carbons (Fsp3) is 0.143. The predicted molar refractivity (Wildman–Crippen MR) is 77.1 cm³/mol. The first-order valence-electron chi connectivity index (χ1n) is 5.28. The number of rotatable bonds is 3. The van der Waals surface area contributed by atoms with E-state index in [4.69, 9.17) is 4.74 Å². The van der Waals surface area contributed by atoms with Crippen LogP contribution in [0.1, 0.15) is 5.56 Å². The topological polar surface area (TPSA) is 29.5 Å². The fourth-order valence-electron chi connectivity index (χ4n) is 1.74. The second-order valence-corrected chi connectivity index (χ2v) is 4.93. The minimum absolute atomic E-state index is 0.0124. The Morgan fingerprint density at radius 3 is 2.41 bits per heavy atom. The van der Waals surface area contributed by atoms with Gasteiger partial charge in [-0.25, -0.2) is 0 Å². The van der Waals surface area contributed by atoms with Crippen LogP contribution >= 0.6 is 22.6 Å². The van der Waals surface area contributed by atoms with Crippen molar-refractivity contribution in [2.24, 2.45) is 0 Å². The van der Waals surface area contributed by atoms with Gasteiger partial charge in [-0.05, 0) is 63.5 Å². The highest BCUT2D eigenvalue weighted by molar-refractivity contribution is 14.1. The van der Waals surface area contributed by atoms with Gasteiger partial charge in [0.05, 0.1) is 13.7 Å². The van der Waals surface area contributed by atoms with Crippen LogP contribution in [-0.4, -0.2) is 12.2 Å². The molecule has 0 aromatic heterocycles. The first-order valence-corrected chi connectivity index (χ1v) is 6.36. The van der Waals surface area contributed by atoms with E-state index in [0.717, 1.165) is 22.4 Å². The van der Waals surface area contributed by atoms with Crippen molar-refractivity contribution in [2.45, 2.75) is 6.61 Å². The zero-order valence-electron chi connectivity index (χ0n) is 9.48. The second kappa shape index (κ2) is 5.51. The summed E-state index contributed by atoms with van der Waals surface area (Å²) in [6, 6.07) is 14.0. The molecule has 0 bridgehead atoms. The summed E-state index contributed by atoms with van der Waals surface area (Å²) in [5, 5.41) is 9.40. The molecule has 0 aliphatic heterocycles. The molecule has 0 saturated carbocycles. The highest BCUT2D eigenvalue weighted by atomic mass is 127. The quantitative estimate of drug-likeness (QED) is 0.868. The number of halogens is 1. The van der Waals surface area contributed by atoms with Gasteiger partial charge >= 0.3 is 0 Å². The van der Waals surface area contributed by atoms with Crippen molar-refractivity contribution in [1.29, 1.82) is 0 Å². The van der Waals surface area contributed by atoms with E-state index in [1.807, 2.05) is 18.2 Å². The largest absolute Gasteiger partial charge is 0.497 e. The third kappa shape index (κ3) is 2.79. The van der Waals surface area contributed by atoms with Gasteiger partial charge in [0, 0.05) is 3.57 Å². The Kier molecular flexibility index (Phi) is 4.02. The number of hydrogen-bond acceptors (Lipinski definition) is 2. The van der Waals surface area contributed by atoms with E-state index >= 15 is 0 Å².